The lowest BCUT2D eigenvalue weighted by Crippen LogP contribution is -1.97. The molecule has 0 heterocycles. The smallest absolute Gasteiger partial charge is 0.335 e. The van der Waals surface area contributed by atoms with Crippen molar-refractivity contribution in [3.05, 3.63) is 59.7 Å². The minimum atomic E-state index is -0.863. The first-order valence-corrected chi connectivity index (χ1v) is 5.23. The maximum atomic E-state index is 10.4. The molecule has 2 rings (SSSR count). The maximum Gasteiger partial charge on any atom is 0.335 e. The fourth-order valence-corrected chi connectivity index (χ4v) is 1.25. The molecule has 0 saturated heterocycles. The van der Waals surface area contributed by atoms with Crippen LogP contribution in [0.1, 0.15) is 15.9 Å². The topological polar surface area (TPSA) is 71.4 Å². The van der Waals surface area contributed by atoms with E-state index in [1.54, 1.807) is 25.1 Å². The Morgan fingerprint density at radius 1 is 0.944 bits per heavy atom. The van der Waals surface area contributed by atoms with Crippen molar-refractivity contribution in [2.45, 2.75) is 6.92 Å². The molecule has 0 bridgehead atoms. The van der Waals surface area contributed by atoms with Gasteiger partial charge >= 0.3 is 5.97 Å². The van der Waals surface area contributed by atoms with Crippen molar-refractivity contribution in [3.63, 3.8) is 0 Å². The van der Waals surface area contributed by atoms with Gasteiger partial charge in [0.05, 0.1) is 5.56 Å². The van der Waals surface area contributed by atoms with Crippen LogP contribution in [0.2, 0.25) is 0 Å². The summed E-state index contributed by atoms with van der Waals surface area (Å²) in [5, 5.41) is 8.57. The van der Waals surface area contributed by atoms with Crippen molar-refractivity contribution in [3.8, 4) is 0 Å². The fraction of sp³-hybridized carbons (Fsp3) is 0.0714. The summed E-state index contributed by atoms with van der Waals surface area (Å²) in [6.07, 6.45) is 5.01. The van der Waals surface area contributed by atoms with Crippen molar-refractivity contribution in [1.82, 2.24) is 0 Å². The van der Waals surface area contributed by atoms with Crippen LogP contribution in [-0.2, 0) is 9.59 Å². The Morgan fingerprint density at radius 2 is 1.39 bits per heavy atom. The third kappa shape index (κ3) is 4.17. The van der Waals surface area contributed by atoms with Gasteiger partial charge < -0.3 is 5.11 Å². The van der Waals surface area contributed by atoms with Crippen molar-refractivity contribution >= 4 is 17.5 Å². The Labute approximate surface area is 104 Å². The van der Waals surface area contributed by atoms with Crippen LogP contribution in [0.5, 0.6) is 0 Å². The summed E-state index contributed by atoms with van der Waals surface area (Å²) in [6.45, 7) is 1.78. The third-order valence-corrected chi connectivity index (χ3v) is 2.20. The predicted octanol–water partition coefficient (Wildman–Crippen LogP) is 1.94. The molecular formula is C14H12O4. The molecule has 0 aromatic heterocycles. The van der Waals surface area contributed by atoms with Crippen LogP contribution in [0.25, 0.3) is 0 Å². The molecule has 0 atom stereocenters. The molecule has 1 aliphatic rings. The summed E-state index contributed by atoms with van der Waals surface area (Å²) >= 11 is 0. The van der Waals surface area contributed by atoms with E-state index in [9.17, 15) is 14.4 Å². The van der Waals surface area contributed by atoms with E-state index in [-0.39, 0.29) is 11.6 Å². The summed E-state index contributed by atoms with van der Waals surface area (Å²) in [7, 11) is 0. The van der Waals surface area contributed by atoms with Crippen LogP contribution in [0.3, 0.4) is 0 Å². The van der Waals surface area contributed by atoms with Gasteiger partial charge in [-0.15, -0.1) is 0 Å². The van der Waals surface area contributed by atoms with E-state index in [2.05, 4.69) is 0 Å². The van der Waals surface area contributed by atoms with Gasteiger partial charge in [0.15, 0.2) is 11.6 Å². The number of carbonyl (C=O) groups is 3. The Hall–Kier alpha value is -2.49. The van der Waals surface area contributed by atoms with Crippen LogP contribution in [0, 0.1) is 6.92 Å². The Morgan fingerprint density at radius 3 is 1.72 bits per heavy atom. The van der Waals surface area contributed by atoms with Gasteiger partial charge in [-0.1, -0.05) is 18.2 Å². The highest BCUT2D eigenvalue weighted by molar-refractivity contribution is 6.14. The molecule has 0 fully saturated rings. The maximum absolute atomic E-state index is 10.4. The molecule has 0 saturated carbocycles. The predicted molar refractivity (Wildman–Crippen MR) is 66.4 cm³/mol. The lowest BCUT2D eigenvalue weighted by atomic mass is 10.1. The molecule has 4 heteroatoms. The zero-order valence-electron chi connectivity index (χ0n) is 9.79. The highest BCUT2D eigenvalue weighted by Gasteiger charge is 2.02. The minimum absolute atomic E-state index is 0.121. The molecule has 0 aliphatic heterocycles. The van der Waals surface area contributed by atoms with Crippen molar-refractivity contribution in [1.29, 1.82) is 0 Å². The zero-order chi connectivity index (χ0) is 13.5. The quantitative estimate of drug-likeness (QED) is 0.766. The van der Waals surface area contributed by atoms with Gasteiger partial charge in [-0.25, -0.2) is 4.79 Å². The molecule has 1 N–H and O–H groups in total. The first-order valence-electron chi connectivity index (χ1n) is 5.23. The van der Waals surface area contributed by atoms with Crippen LogP contribution >= 0.6 is 0 Å². The molecule has 1 aromatic rings. The molecule has 1 aromatic carbocycles. The molecule has 92 valence electrons. The molecule has 1 aliphatic carbocycles. The third-order valence-electron chi connectivity index (χ3n) is 2.20. The molecule has 0 radical (unpaired) electrons. The number of carboxylic acids is 1. The number of ketones is 2. The summed E-state index contributed by atoms with van der Waals surface area (Å²) in [5.41, 5.74) is 1.18. The molecule has 0 unspecified atom stereocenters. The average Bonchev–Trinajstić information content (AvgIpc) is 2.34. The van der Waals surface area contributed by atoms with E-state index in [4.69, 9.17) is 5.11 Å². The largest absolute Gasteiger partial charge is 0.478 e. The number of hydrogen-bond donors (Lipinski definition) is 1. The van der Waals surface area contributed by atoms with Crippen LogP contribution in [-0.4, -0.2) is 22.6 Å². The number of allylic oxidation sites excluding steroid dienone is 4. The van der Waals surface area contributed by atoms with Gasteiger partial charge in [0.1, 0.15) is 0 Å². The lowest BCUT2D eigenvalue weighted by Gasteiger charge is -1.96. The fourth-order valence-electron chi connectivity index (χ4n) is 1.25. The number of carboxylic acid groups (broad SMARTS) is 1. The molecule has 18 heavy (non-hydrogen) atoms. The number of carbonyl (C=O) groups excluding carboxylic acids is 2. The van der Waals surface area contributed by atoms with Gasteiger partial charge in [0, 0.05) is 0 Å². The first kappa shape index (κ1) is 13.6. The molecule has 0 amide bonds. The second-order valence-corrected chi connectivity index (χ2v) is 3.59. The standard InChI is InChI=1S/C8H8O2.C6H4O2/c1-6-4-2-3-5-7(6)8(9)10;7-5-1-2-6(8)4-3-5/h2-5H,1H3,(H,9,10);1-4H. The second-order valence-electron chi connectivity index (χ2n) is 3.59. The van der Waals surface area contributed by atoms with E-state index in [0.29, 0.717) is 5.56 Å². The van der Waals surface area contributed by atoms with E-state index in [1.807, 2.05) is 6.07 Å². The van der Waals surface area contributed by atoms with Crippen LogP contribution in [0.15, 0.2) is 48.6 Å². The van der Waals surface area contributed by atoms with Gasteiger partial charge in [0.25, 0.3) is 0 Å². The minimum Gasteiger partial charge on any atom is -0.478 e. The molecule has 0 spiro atoms. The number of hydrogen-bond acceptors (Lipinski definition) is 3. The van der Waals surface area contributed by atoms with Crippen LogP contribution < -0.4 is 0 Å². The monoisotopic (exact) mass is 244 g/mol. The first-order chi connectivity index (χ1) is 8.50. The number of benzene rings is 1. The summed E-state index contributed by atoms with van der Waals surface area (Å²) in [5.74, 6) is -1.10. The van der Waals surface area contributed by atoms with Crippen LogP contribution in [0.4, 0.5) is 0 Å². The van der Waals surface area contributed by atoms with Gasteiger partial charge in [0.2, 0.25) is 0 Å². The van der Waals surface area contributed by atoms with E-state index < -0.39 is 5.97 Å². The van der Waals surface area contributed by atoms with Gasteiger partial charge in [-0.05, 0) is 42.9 Å². The molecular weight excluding hydrogens is 232 g/mol. The number of aromatic carboxylic acids is 1. The van der Waals surface area contributed by atoms with E-state index in [1.165, 1.54) is 24.3 Å². The van der Waals surface area contributed by atoms with Gasteiger partial charge in [-0.2, -0.15) is 0 Å². The average molecular weight is 244 g/mol. The second kappa shape index (κ2) is 6.30. The summed E-state index contributed by atoms with van der Waals surface area (Å²) in [4.78, 5) is 31.0. The van der Waals surface area contributed by atoms with Crippen molar-refractivity contribution in [2.75, 3.05) is 0 Å². The summed E-state index contributed by atoms with van der Waals surface area (Å²) < 4.78 is 0. The highest BCUT2D eigenvalue weighted by Crippen LogP contribution is 2.05. The summed E-state index contributed by atoms with van der Waals surface area (Å²) in [6, 6.07) is 6.92. The SMILES string of the molecule is Cc1ccccc1C(=O)O.O=C1C=CC(=O)C=C1. The van der Waals surface area contributed by atoms with Crippen molar-refractivity contribution in [2.24, 2.45) is 0 Å². The molecule has 4 nitrogen and oxygen atoms in total. The number of aryl methyl sites for hydroxylation is 1. The number of rotatable bonds is 1. The Kier molecular flexibility index (Phi) is 4.75. The Balaban J connectivity index is 0.000000184. The zero-order valence-corrected chi connectivity index (χ0v) is 9.79. The normalized spacial score (nSPS) is 12.9. The van der Waals surface area contributed by atoms with Gasteiger partial charge in [-0.3, -0.25) is 9.59 Å². The van der Waals surface area contributed by atoms with Crippen molar-refractivity contribution < 1.29 is 19.5 Å². The highest BCUT2D eigenvalue weighted by atomic mass is 16.4. The van der Waals surface area contributed by atoms with E-state index in [0.717, 1.165) is 5.56 Å². The van der Waals surface area contributed by atoms with E-state index >= 15 is 0 Å². The lowest BCUT2D eigenvalue weighted by molar-refractivity contribution is -0.113. The Bertz CT molecular complexity index is 500.